The molecule has 3 N–H and O–H groups in total. The first-order valence-corrected chi connectivity index (χ1v) is 5.35. The molecule has 1 saturated heterocycles. The van der Waals surface area contributed by atoms with E-state index in [2.05, 4.69) is 10.00 Å². The number of carboxylic acids is 1. The fourth-order valence-electron chi connectivity index (χ4n) is 2.08. The molecule has 0 atom stereocenters. The molecule has 1 aromatic heterocycles. The van der Waals surface area contributed by atoms with Crippen molar-refractivity contribution in [3.63, 3.8) is 0 Å². The summed E-state index contributed by atoms with van der Waals surface area (Å²) in [5.74, 6) is -0.152. The van der Waals surface area contributed by atoms with Gasteiger partial charge in [-0.3, -0.25) is 9.48 Å². The van der Waals surface area contributed by atoms with Crippen LogP contribution in [0.25, 0.3) is 0 Å². The summed E-state index contributed by atoms with van der Waals surface area (Å²) in [5, 5.41) is 13.2. The highest BCUT2D eigenvalue weighted by Gasteiger charge is 2.26. The largest absolute Gasteiger partial charge is 0.481 e. The van der Waals surface area contributed by atoms with Crippen molar-refractivity contribution < 1.29 is 9.90 Å². The van der Waals surface area contributed by atoms with E-state index in [1.165, 1.54) is 0 Å². The van der Waals surface area contributed by atoms with Crippen LogP contribution in [0.1, 0.15) is 12.8 Å². The molecule has 2 heterocycles. The summed E-state index contributed by atoms with van der Waals surface area (Å²) in [6, 6.07) is 0. The van der Waals surface area contributed by atoms with Gasteiger partial charge in [0.1, 0.15) is 0 Å². The van der Waals surface area contributed by atoms with E-state index in [4.69, 9.17) is 10.8 Å². The zero-order valence-corrected chi connectivity index (χ0v) is 11.7. The first-order chi connectivity index (χ1) is 7.58. The van der Waals surface area contributed by atoms with Crippen LogP contribution in [0.3, 0.4) is 0 Å². The number of carboxylic acid groups (broad SMARTS) is 1. The second-order valence-corrected chi connectivity index (χ2v) is 4.18. The minimum atomic E-state index is -0.700. The van der Waals surface area contributed by atoms with Crippen molar-refractivity contribution in [2.75, 3.05) is 23.7 Å². The quantitative estimate of drug-likeness (QED) is 0.855. The molecule has 18 heavy (non-hydrogen) atoms. The fraction of sp³-hybridized carbons (Fsp3) is 0.600. The average molecular weight is 297 g/mol. The van der Waals surface area contributed by atoms with Gasteiger partial charge >= 0.3 is 5.97 Å². The summed E-state index contributed by atoms with van der Waals surface area (Å²) in [7, 11) is 1.82. The normalized spacial score (nSPS) is 15.7. The third-order valence-electron chi connectivity index (χ3n) is 2.98. The standard InChI is InChI=1S/C10H16N4O2.2ClH/c1-13-6-8(11)9(12-13)14-4-2-7(3-5-14)10(15)16;;/h6-7H,2-5,11H2,1H3,(H,15,16);2*1H. The van der Waals surface area contributed by atoms with Crippen LogP contribution in [0.5, 0.6) is 0 Å². The maximum absolute atomic E-state index is 10.8. The maximum Gasteiger partial charge on any atom is 0.306 e. The molecule has 0 aromatic carbocycles. The highest BCUT2D eigenvalue weighted by Crippen LogP contribution is 2.26. The number of nitrogens with zero attached hydrogens (tertiary/aromatic N) is 3. The van der Waals surface area contributed by atoms with Gasteiger partial charge in [0, 0.05) is 26.3 Å². The predicted molar refractivity (Wildman–Crippen MR) is 74.7 cm³/mol. The predicted octanol–water partition coefficient (Wildman–Crippen LogP) is 1.15. The number of carbonyl (C=O) groups is 1. The van der Waals surface area contributed by atoms with Gasteiger partial charge in [0.05, 0.1) is 11.6 Å². The Hall–Kier alpha value is -1.14. The molecule has 1 aromatic rings. The van der Waals surface area contributed by atoms with Crippen LogP contribution >= 0.6 is 24.8 Å². The lowest BCUT2D eigenvalue weighted by Crippen LogP contribution is -2.36. The first-order valence-electron chi connectivity index (χ1n) is 5.35. The molecule has 8 heteroatoms. The van der Waals surface area contributed by atoms with Gasteiger partial charge in [-0.1, -0.05) is 0 Å². The zero-order chi connectivity index (χ0) is 11.7. The Morgan fingerprint density at radius 3 is 2.39 bits per heavy atom. The Balaban J connectivity index is 0.00000144. The summed E-state index contributed by atoms with van der Waals surface area (Å²) in [6.45, 7) is 1.41. The number of aryl methyl sites for hydroxylation is 1. The van der Waals surface area contributed by atoms with E-state index >= 15 is 0 Å². The van der Waals surface area contributed by atoms with Crippen LogP contribution in [0.4, 0.5) is 11.5 Å². The number of hydrogen-bond acceptors (Lipinski definition) is 4. The Kier molecular flexibility index (Phi) is 6.28. The fourth-order valence-corrected chi connectivity index (χ4v) is 2.08. The number of aliphatic carboxylic acids is 1. The van der Waals surface area contributed by atoms with E-state index < -0.39 is 5.97 Å². The molecule has 1 aliphatic heterocycles. The van der Waals surface area contributed by atoms with E-state index in [9.17, 15) is 4.79 Å². The third-order valence-corrected chi connectivity index (χ3v) is 2.98. The van der Waals surface area contributed by atoms with Crippen LogP contribution < -0.4 is 10.6 Å². The number of hydrogen-bond donors (Lipinski definition) is 2. The van der Waals surface area contributed by atoms with Crippen LogP contribution in [-0.4, -0.2) is 33.9 Å². The topological polar surface area (TPSA) is 84.4 Å². The number of aromatic nitrogens is 2. The summed E-state index contributed by atoms with van der Waals surface area (Å²) in [4.78, 5) is 12.9. The molecule has 0 radical (unpaired) electrons. The lowest BCUT2D eigenvalue weighted by atomic mass is 9.97. The van der Waals surface area contributed by atoms with E-state index in [-0.39, 0.29) is 30.7 Å². The van der Waals surface area contributed by atoms with Gasteiger partial charge in [0.25, 0.3) is 0 Å². The molecule has 0 amide bonds. The minimum Gasteiger partial charge on any atom is -0.481 e. The summed E-state index contributed by atoms with van der Waals surface area (Å²) >= 11 is 0. The van der Waals surface area contributed by atoms with E-state index in [0.717, 1.165) is 5.82 Å². The van der Waals surface area contributed by atoms with Gasteiger partial charge in [-0.15, -0.1) is 24.8 Å². The lowest BCUT2D eigenvalue weighted by Gasteiger charge is -2.30. The number of anilines is 2. The number of piperidine rings is 1. The van der Waals surface area contributed by atoms with E-state index in [0.29, 0.717) is 31.6 Å². The molecular formula is C10H18Cl2N4O2. The molecule has 1 fully saturated rings. The molecule has 0 bridgehead atoms. The number of nitrogens with two attached hydrogens (primary N) is 1. The SMILES string of the molecule is Cl.Cl.Cn1cc(N)c(N2CCC(C(=O)O)CC2)n1. The first kappa shape index (κ1) is 16.9. The third kappa shape index (κ3) is 3.43. The Bertz CT molecular complexity index is 403. The molecule has 2 rings (SSSR count). The molecular weight excluding hydrogens is 279 g/mol. The maximum atomic E-state index is 10.8. The minimum absolute atomic E-state index is 0. The molecule has 1 aliphatic rings. The molecule has 6 nitrogen and oxygen atoms in total. The average Bonchev–Trinajstić information content (AvgIpc) is 2.58. The Morgan fingerprint density at radius 1 is 1.44 bits per heavy atom. The smallest absolute Gasteiger partial charge is 0.306 e. The van der Waals surface area contributed by atoms with E-state index in [1.54, 1.807) is 10.9 Å². The number of nitrogen functional groups attached to an aromatic ring is 1. The van der Waals surface area contributed by atoms with Crippen molar-refractivity contribution in [1.29, 1.82) is 0 Å². The molecule has 0 unspecified atom stereocenters. The van der Waals surface area contributed by atoms with Crippen molar-refractivity contribution in [2.24, 2.45) is 13.0 Å². The lowest BCUT2D eigenvalue weighted by molar-refractivity contribution is -0.142. The highest BCUT2D eigenvalue weighted by atomic mass is 35.5. The van der Waals surface area contributed by atoms with Gasteiger partial charge in [-0.25, -0.2) is 0 Å². The Morgan fingerprint density at radius 2 is 2.00 bits per heavy atom. The summed E-state index contributed by atoms with van der Waals surface area (Å²) < 4.78 is 1.67. The summed E-state index contributed by atoms with van der Waals surface area (Å²) in [5.41, 5.74) is 6.47. The summed E-state index contributed by atoms with van der Waals surface area (Å²) in [6.07, 6.45) is 3.08. The monoisotopic (exact) mass is 296 g/mol. The molecule has 104 valence electrons. The molecule has 0 aliphatic carbocycles. The number of rotatable bonds is 2. The van der Waals surface area contributed by atoms with Crippen molar-refractivity contribution in [2.45, 2.75) is 12.8 Å². The molecule has 0 spiro atoms. The zero-order valence-electron chi connectivity index (χ0n) is 10.1. The van der Waals surface area contributed by atoms with Gasteiger partial charge in [-0.2, -0.15) is 5.10 Å². The van der Waals surface area contributed by atoms with Crippen molar-refractivity contribution in [3.05, 3.63) is 6.20 Å². The second kappa shape index (κ2) is 6.70. The Labute approximate surface area is 118 Å². The van der Waals surface area contributed by atoms with Crippen molar-refractivity contribution in [3.8, 4) is 0 Å². The van der Waals surface area contributed by atoms with E-state index in [1.807, 2.05) is 7.05 Å². The van der Waals surface area contributed by atoms with Crippen molar-refractivity contribution in [1.82, 2.24) is 9.78 Å². The van der Waals surface area contributed by atoms with Gasteiger partial charge in [0.2, 0.25) is 0 Å². The van der Waals surface area contributed by atoms with Crippen LogP contribution in [0.2, 0.25) is 0 Å². The highest BCUT2D eigenvalue weighted by molar-refractivity contribution is 5.85. The van der Waals surface area contributed by atoms with Crippen LogP contribution in [0.15, 0.2) is 6.20 Å². The molecule has 0 saturated carbocycles. The van der Waals surface area contributed by atoms with Crippen molar-refractivity contribution >= 4 is 42.3 Å². The second-order valence-electron chi connectivity index (χ2n) is 4.18. The van der Waals surface area contributed by atoms with Crippen LogP contribution in [-0.2, 0) is 11.8 Å². The van der Waals surface area contributed by atoms with Gasteiger partial charge < -0.3 is 15.7 Å². The number of halogens is 2. The van der Waals surface area contributed by atoms with Gasteiger partial charge in [0.15, 0.2) is 5.82 Å². The van der Waals surface area contributed by atoms with Crippen LogP contribution in [0, 0.1) is 5.92 Å². The van der Waals surface area contributed by atoms with Gasteiger partial charge in [-0.05, 0) is 12.8 Å².